The van der Waals surface area contributed by atoms with E-state index >= 15 is 0 Å². The lowest BCUT2D eigenvalue weighted by Gasteiger charge is -2.31. The topological polar surface area (TPSA) is 52.7 Å². The summed E-state index contributed by atoms with van der Waals surface area (Å²) in [6.07, 6.45) is 4.44. The molecule has 0 aliphatic carbocycles. The van der Waals surface area contributed by atoms with Gasteiger partial charge in [-0.25, -0.2) is 8.78 Å². The molecule has 1 unspecified atom stereocenters. The Morgan fingerprint density at radius 1 is 1.06 bits per heavy atom. The van der Waals surface area contributed by atoms with Crippen molar-refractivity contribution in [2.24, 2.45) is 5.92 Å². The number of rotatable bonds is 7. The van der Waals surface area contributed by atoms with Crippen molar-refractivity contribution in [2.45, 2.75) is 18.9 Å². The van der Waals surface area contributed by atoms with Crippen molar-refractivity contribution >= 4 is 17.9 Å². The Kier molecular flexibility index (Phi) is 8.11. The van der Waals surface area contributed by atoms with Crippen molar-refractivity contribution < 1.29 is 18.4 Å². The fourth-order valence-corrected chi connectivity index (χ4v) is 3.91. The van der Waals surface area contributed by atoms with Crippen LogP contribution >= 0.6 is 0 Å². The summed E-state index contributed by atoms with van der Waals surface area (Å²) < 4.78 is 28.4. The molecular weight excluding hydrogens is 412 g/mol. The minimum absolute atomic E-state index is 0.0524. The van der Waals surface area contributed by atoms with Gasteiger partial charge >= 0.3 is 0 Å². The van der Waals surface area contributed by atoms with Crippen LogP contribution in [0.5, 0.6) is 0 Å². The van der Waals surface area contributed by atoms with Crippen LogP contribution in [0.2, 0.25) is 0 Å². The highest BCUT2D eigenvalue weighted by Crippen LogP contribution is 2.24. The zero-order valence-electron chi connectivity index (χ0n) is 18.4. The third kappa shape index (κ3) is 6.01. The van der Waals surface area contributed by atoms with Gasteiger partial charge < -0.3 is 15.1 Å². The lowest BCUT2D eigenvalue weighted by atomic mass is 9.95. The molecule has 1 saturated heterocycles. The number of halogens is 2. The molecule has 1 fully saturated rings. The second-order valence-electron chi connectivity index (χ2n) is 8.20. The third-order valence-electron chi connectivity index (χ3n) is 5.82. The summed E-state index contributed by atoms with van der Waals surface area (Å²) in [4.78, 5) is 28.5. The molecule has 170 valence electrons. The normalized spacial score (nSPS) is 15.8. The molecule has 1 aliphatic rings. The smallest absolute Gasteiger partial charge is 0.246 e. The monoisotopic (exact) mass is 441 g/mol. The van der Waals surface area contributed by atoms with Crippen molar-refractivity contribution in [3.05, 3.63) is 77.4 Å². The number of carbonyl (C=O) groups excluding carboxylic acids is 2. The van der Waals surface area contributed by atoms with Crippen molar-refractivity contribution in [1.82, 2.24) is 15.1 Å². The molecule has 0 spiro atoms. The molecule has 5 nitrogen and oxygen atoms in total. The van der Waals surface area contributed by atoms with Crippen LogP contribution in [0.4, 0.5) is 8.78 Å². The van der Waals surface area contributed by atoms with Crippen molar-refractivity contribution in [3.8, 4) is 0 Å². The molecule has 0 radical (unpaired) electrons. The van der Waals surface area contributed by atoms with Crippen LogP contribution in [0.3, 0.4) is 0 Å². The van der Waals surface area contributed by atoms with Gasteiger partial charge in [0.15, 0.2) is 0 Å². The number of amides is 2. The first-order chi connectivity index (χ1) is 15.4. The maximum atomic E-state index is 14.2. The number of likely N-dealkylation sites (tertiary alicyclic amines) is 1. The summed E-state index contributed by atoms with van der Waals surface area (Å²) in [5, 5.41) is 2.85. The quantitative estimate of drug-likeness (QED) is 0.668. The highest BCUT2D eigenvalue weighted by molar-refractivity contribution is 5.92. The summed E-state index contributed by atoms with van der Waals surface area (Å²) in [7, 11) is 3.44. The Hall–Kier alpha value is -3.06. The van der Waals surface area contributed by atoms with Crippen LogP contribution in [0, 0.1) is 17.6 Å². The van der Waals surface area contributed by atoms with E-state index in [2.05, 4.69) is 5.32 Å². The molecule has 3 rings (SSSR count). The number of hydrogen-bond acceptors (Lipinski definition) is 3. The molecule has 2 aromatic rings. The molecule has 2 aromatic carbocycles. The van der Waals surface area contributed by atoms with Gasteiger partial charge in [-0.1, -0.05) is 36.4 Å². The first kappa shape index (κ1) is 23.6. The standard InChI is InChI=1S/C25H29F2N3O2/c1-29(2)22(24-20(26)9-6-10-21(24)27)17-28-25(32)19-13-15-30(16-14-19)23(31)12-11-18-7-4-3-5-8-18/h3-12,19,22H,13-17H2,1-2H3,(H,28,32)/b12-11+. The van der Waals surface area contributed by atoms with E-state index in [1.165, 1.54) is 18.2 Å². The Balaban J connectivity index is 1.51. The van der Waals surface area contributed by atoms with E-state index in [1.54, 1.807) is 36.0 Å². The average Bonchev–Trinajstić information content (AvgIpc) is 2.79. The van der Waals surface area contributed by atoms with Gasteiger partial charge in [-0.05, 0) is 50.7 Å². The number of nitrogens with one attached hydrogen (secondary N) is 1. The Morgan fingerprint density at radius 3 is 2.28 bits per heavy atom. The summed E-state index contributed by atoms with van der Waals surface area (Å²) >= 11 is 0. The third-order valence-corrected chi connectivity index (χ3v) is 5.82. The lowest BCUT2D eigenvalue weighted by molar-refractivity contribution is -0.132. The second kappa shape index (κ2) is 11.0. The van der Waals surface area contributed by atoms with Gasteiger partial charge in [-0.2, -0.15) is 0 Å². The van der Waals surface area contributed by atoms with E-state index in [0.29, 0.717) is 25.9 Å². The first-order valence-electron chi connectivity index (χ1n) is 10.8. The zero-order chi connectivity index (χ0) is 23.1. The number of benzene rings is 2. The van der Waals surface area contributed by atoms with Crippen molar-refractivity contribution in [2.75, 3.05) is 33.7 Å². The van der Waals surface area contributed by atoms with E-state index in [-0.39, 0.29) is 29.8 Å². The molecule has 0 saturated carbocycles. The van der Waals surface area contributed by atoms with Gasteiger partial charge in [0.25, 0.3) is 0 Å². The molecule has 7 heteroatoms. The van der Waals surface area contributed by atoms with Crippen LogP contribution in [0.15, 0.2) is 54.6 Å². The van der Waals surface area contributed by atoms with Gasteiger partial charge in [-0.15, -0.1) is 0 Å². The Bertz CT molecular complexity index is 935. The Morgan fingerprint density at radius 2 is 1.69 bits per heavy atom. The number of piperidine rings is 1. The van der Waals surface area contributed by atoms with E-state index in [1.807, 2.05) is 30.3 Å². The first-order valence-corrected chi connectivity index (χ1v) is 10.8. The molecule has 1 atom stereocenters. The maximum absolute atomic E-state index is 14.2. The number of carbonyl (C=O) groups is 2. The fraction of sp³-hybridized carbons (Fsp3) is 0.360. The van der Waals surface area contributed by atoms with Gasteiger partial charge in [0.2, 0.25) is 11.8 Å². The van der Waals surface area contributed by atoms with Crippen molar-refractivity contribution in [3.63, 3.8) is 0 Å². The number of nitrogens with zero attached hydrogens (tertiary/aromatic N) is 2. The van der Waals surface area contributed by atoms with Crippen LogP contribution < -0.4 is 5.32 Å². The van der Waals surface area contributed by atoms with Crippen LogP contribution in [-0.4, -0.2) is 55.3 Å². The van der Waals surface area contributed by atoms with E-state index in [4.69, 9.17) is 0 Å². The second-order valence-corrected chi connectivity index (χ2v) is 8.20. The highest BCUT2D eigenvalue weighted by Gasteiger charge is 2.28. The minimum Gasteiger partial charge on any atom is -0.354 e. The van der Waals surface area contributed by atoms with Crippen LogP contribution in [-0.2, 0) is 9.59 Å². The van der Waals surface area contributed by atoms with Crippen LogP contribution in [0.25, 0.3) is 6.08 Å². The van der Waals surface area contributed by atoms with E-state index in [9.17, 15) is 18.4 Å². The molecule has 32 heavy (non-hydrogen) atoms. The van der Waals surface area contributed by atoms with E-state index < -0.39 is 17.7 Å². The molecule has 2 amide bonds. The maximum Gasteiger partial charge on any atom is 0.246 e. The predicted molar refractivity (Wildman–Crippen MR) is 121 cm³/mol. The van der Waals surface area contributed by atoms with Gasteiger partial charge in [-0.3, -0.25) is 9.59 Å². The molecule has 1 aliphatic heterocycles. The number of hydrogen-bond donors (Lipinski definition) is 1. The summed E-state index contributed by atoms with van der Waals surface area (Å²) in [5.41, 5.74) is 0.903. The lowest BCUT2D eigenvalue weighted by Crippen LogP contribution is -2.44. The number of likely N-dealkylation sites (N-methyl/N-ethyl adjacent to an activating group) is 1. The average molecular weight is 442 g/mol. The predicted octanol–water partition coefficient (Wildman–Crippen LogP) is 3.64. The molecule has 0 bridgehead atoms. The highest BCUT2D eigenvalue weighted by atomic mass is 19.1. The Labute approximate surface area is 187 Å². The zero-order valence-corrected chi connectivity index (χ0v) is 18.4. The SMILES string of the molecule is CN(C)C(CNC(=O)C1CCN(C(=O)/C=C/c2ccccc2)CC1)c1c(F)cccc1F. The van der Waals surface area contributed by atoms with Crippen molar-refractivity contribution in [1.29, 1.82) is 0 Å². The largest absolute Gasteiger partial charge is 0.354 e. The molecule has 1 N–H and O–H groups in total. The van der Waals surface area contributed by atoms with E-state index in [0.717, 1.165) is 5.56 Å². The van der Waals surface area contributed by atoms with Gasteiger partial charge in [0.1, 0.15) is 11.6 Å². The van der Waals surface area contributed by atoms with Gasteiger partial charge in [0, 0.05) is 37.2 Å². The fourth-order valence-electron chi connectivity index (χ4n) is 3.91. The summed E-state index contributed by atoms with van der Waals surface area (Å²) in [5.74, 6) is -1.72. The molecule has 0 aromatic heterocycles. The molecular formula is C25H29F2N3O2. The summed E-state index contributed by atoms with van der Waals surface area (Å²) in [6.45, 7) is 1.09. The minimum atomic E-state index is -0.631. The summed E-state index contributed by atoms with van der Waals surface area (Å²) in [6, 6.07) is 12.7. The molecule has 1 heterocycles. The van der Waals surface area contributed by atoms with Gasteiger partial charge in [0.05, 0.1) is 6.04 Å². The van der Waals surface area contributed by atoms with Crippen LogP contribution in [0.1, 0.15) is 30.0 Å².